The number of hydrogen-bond acceptors (Lipinski definition) is 3. The van der Waals surface area contributed by atoms with Gasteiger partial charge in [-0.1, -0.05) is 102 Å². The van der Waals surface area contributed by atoms with Gasteiger partial charge in [0, 0.05) is 32.5 Å². The topological polar surface area (TPSA) is 38.9 Å². The van der Waals surface area contributed by atoms with Crippen LogP contribution in [0, 0.1) is 38.3 Å². The van der Waals surface area contributed by atoms with Gasteiger partial charge in [0.05, 0.1) is 11.8 Å². The van der Waals surface area contributed by atoms with E-state index >= 15 is 0 Å². The average molecular weight is 821 g/mol. The molecule has 0 bridgehead atoms. The van der Waals surface area contributed by atoms with Crippen molar-refractivity contribution < 1.29 is 24.5 Å². The standard InChI is InChI=1S/C23H22NO.C22H22N.Ir/c1-15-11-18-8-10-25-22(18)20(12-15)21-19-6-5-16(14-23(2,3)4)13-17(19)7-9-24-21;1-15-11-16(2)13-20(12-15)22-21-8-7-18(17-5-3-4-6-17)14-19(21)9-10-23-22;/h5-11,13H,14H2,1-4H3;7-12,14,17H,3-6H2,1-2H3;/q2*-1;. The van der Waals surface area contributed by atoms with E-state index in [0.29, 0.717) is 0 Å². The van der Waals surface area contributed by atoms with Gasteiger partial charge >= 0.3 is 0 Å². The Morgan fingerprint density at radius 2 is 1.39 bits per heavy atom. The molecule has 0 amide bonds. The first kappa shape index (κ1) is 34.7. The third kappa shape index (κ3) is 7.72. The maximum absolute atomic E-state index is 5.73. The van der Waals surface area contributed by atoms with Crippen LogP contribution in [0.15, 0.2) is 95.9 Å². The van der Waals surface area contributed by atoms with Crippen LogP contribution in [0.5, 0.6) is 0 Å². The number of fused-ring (bicyclic) bond motifs is 3. The molecule has 49 heavy (non-hydrogen) atoms. The Kier molecular flexibility index (Phi) is 10.2. The number of hydrogen-bond donors (Lipinski definition) is 0. The first-order valence-electron chi connectivity index (χ1n) is 17.3. The summed E-state index contributed by atoms with van der Waals surface area (Å²) in [5.74, 6) is 0.754. The second-order valence-electron chi connectivity index (χ2n) is 14.9. The van der Waals surface area contributed by atoms with Crippen molar-refractivity contribution in [2.75, 3.05) is 0 Å². The van der Waals surface area contributed by atoms with Gasteiger partial charge in [-0.25, -0.2) is 0 Å². The first-order valence-corrected chi connectivity index (χ1v) is 17.3. The third-order valence-corrected chi connectivity index (χ3v) is 9.44. The monoisotopic (exact) mass is 821 g/mol. The smallest absolute Gasteiger partial charge is 0.0766 e. The molecule has 0 atom stereocenters. The fourth-order valence-electron chi connectivity index (χ4n) is 7.42. The summed E-state index contributed by atoms with van der Waals surface area (Å²) in [4.78, 5) is 9.32. The SMILES string of the molecule is Cc1[c-]c(-c2nccc3cc(C4CCCC4)ccc23)cc(C)c1.Cc1[c-]c(-c2nccc3cc(CC(C)(C)C)ccc23)c2occc2c1.[Ir]. The maximum atomic E-state index is 5.73. The molecule has 0 aliphatic heterocycles. The molecule has 4 heteroatoms. The van der Waals surface area contributed by atoms with E-state index in [1.54, 1.807) is 6.26 Å². The maximum Gasteiger partial charge on any atom is 0.0766 e. The Labute approximate surface area is 304 Å². The van der Waals surface area contributed by atoms with Crippen molar-refractivity contribution in [2.24, 2.45) is 5.41 Å². The van der Waals surface area contributed by atoms with Gasteiger partial charge < -0.3 is 14.4 Å². The Morgan fingerprint density at radius 1 is 0.714 bits per heavy atom. The molecule has 3 heterocycles. The fourth-order valence-corrected chi connectivity index (χ4v) is 7.42. The van der Waals surface area contributed by atoms with Crippen LogP contribution < -0.4 is 0 Å². The molecule has 1 fully saturated rings. The Bertz CT molecular complexity index is 2230. The molecule has 1 aliphatic carbocycles. The molecule has 251 valence electrons. The molecule has 0 saturated heterocycles. The number of nitrogens with zero attached hydrogens (tertiary/aromatic N) is 2. The number of pyridine rings is 2. The second kappa shape index (κ2) is 14.4. The molecular weight excluding hydrogens is 777 g/mol. The van der Waals surface area contributed by atoms with Crippen LogP contribution >= 0.6 is 0 Å². The van der Waals surface area contributed by atoms with E-state index in [-0.39, 0.29) is 25.5 Å². The summed E-state index contributed by atoms with van der Waals surface area (Å²) >= 11 is 0. The molecule has 3 aromatic heterocycles. The molecule has 1 radical (unpaired) electrons. The largest absolute Gasteiger partial charge is 0.508 e. The minimum atomic E-state index is 0. The molecule has 4 aromatic carbocycles. The normalized spacial score (nSPS) is 13.4. The molecule has 8 rings (SSSR count). The predicted octanol–water partition coefficient (Wildman–Crippen LogP) is 12.3. The van der Waals surface area contributed by atoms with Gasteiger partial charge in [0.25, 0.3) is 0 Å². The quantitative estimate of drug-likeness (QED) is 0.166. The van der Waals surface area contributed by atoms with Gasteiger partial charge in [-0.15, -0.1) is 52.6 Å². The van der Waals surface area contributed by atoms with E-state index in [1.165, 1.54) is 64.1 Å². The van der Waals surface area contributed by atoms with Crippen LogP contribution in [-0.2, 0) is 26.5 Å². The molecule has 0 unspecified atom stereocenters. The number of rotatable bonds is 4. The van der Waals surface area contributed by atoms with E-state index in [0.717, 1.165) is 56.8 Å². The summed E-state index contributed by atoms with van der Waals surface area (Å²) in [5, 5.41) is 5.97. The molecule has 1 aliphatic rings. The zero-order chi connectivity index (χ0) is 33.4. The fraction of sp³-hybridized carbons (Fsp3) is 0.289. The van der Waals surface area contributed by atoms with Gasteiger partial charge in [0.2, 0.25) is 0 Å². The average Bonchev–Trinajstić information content (AvgIpc) is 3.76. The van der Waals surface area contributed by atoms with Crippen molar-refractivity contribution in [2.45, 2.75) is 79.6 Å². The summed E-state index contributed by atoms with van der Waals surface area (Å²) in [6, 6.07) is 33.2. The van der Waals surface area contributed by atoms with Gasteiger partial charge in [0.15, 0.2) is 0 Å². The van der Waals surface area contributed by atoms with Crippen molar-refractivity contribution in [3.8, 4) is 22.5 Å². The Balaban J connectivity index is 0.000000167. The van der Waals surface area contributed by atoms with Crippen LogP contribution in [0.2, 0.25) is 0 Å². The minimum absolute atomic E-state index is 0. The van der Waals surface area contributed by atoms with Crippen LogP contribution in [-0.4, -0.2) is 9.97 Å². The first-order chi connectivity index (χ1) is 23.1. The van der Waals surface area contributed by atoms with Crippen LogP contribution in [0.4, 0.5) is 0 Å². The number of furan rings is 1. The molecule has 3 nitrogen and oxygen atoms in total. The van der Waals surface area contributed by atoms with E-state index in [2.05, 4.69) is 130 Å². The predicted molar refractivity (Wildman–Crippen MR) is 200 cm³/mol. The Morgan fingerprint density at radius 3 is 2.12 bits per heavy atom. The van der Waals surface area contributed by atoms with Crippen LogP contribution in [0.25, 0.3) is 55.0 Å². The van der Waals surface area contributed by atoms with Crippen molar-refractivity contribution in [1.82, 2.24) is 9.97 Å². The minimum Gasteiger partial charge on any atom is -0.508 e. The van der Waals surface area contributed by atoms with Gasteiger partial charge in [-0.3, -0.25) is 0 Å². The number of benzene rings is 4. The summed E-state index contributed by atoms with van der Waals surface area (Å²) < 4.78 is 5.73. The van der Waals surface area contributed by atoms with Gasteiger partial charge in [-0.05, 0) is 92.9 Å². The summed E-state index contributed by atoms with van der Waals surface area (Å²) in [6.07, 6.45) is 12.0. The number of aryl methyl sites for hydroxylation is 3. The third-order valence-electron chi connectivity index (χ3n) is 9.44. The van der Waals surface area contributed by atoms with Gasteiger partial charge in [-0.2, -0.15) is 0 Å². The van der Waals surface area contributed by atoms with E-state index in [1.807, 2.05) is 18.5 Å². The second-order valence-corrected chi connectivity index (χ2v) is 14.9. The molecule has 0 spiro atoms. The summed E-state index contributed by atoms with van der Waals surface area (Å²) in [6.45, 7) is 13.1. The number of aromatic nitrogens is 2. The Hall–Kier alpha value is -4.11. The van der Waals surface area contributed by atoms with Crippen molar-refractivity contribution in [1.29, 1.82) is 0 Å². The van der Waals surface area contributed by atoms with Gasteiger partial charge in [0.1, 0.15) is 0 Å². The van der Waals surface area contributed by atoms with E-state index in [9.17, 15) is 0 Å². The van der Waals surface area contributed by atoms with Crippen molar-refractivity contribution in [3.63, 3.8) is 0 Å². The van der Waals surface area contributed by atoms with E-state index in [4.69, 9.17) is 4.42 Å². The van der Waals surface area contributed by atoms with E-state index < -0.39 is 0 Å². The molecule has 7 aromatic rings. The van der Waals surface area contributed by atoms with Crippen LogP contribution in [0.3, 0.4) is 0 Å². The molecule has 0 N–H and O–H groups in total. The summed E-state index contributed by atoms with van der Waals surface area (Å²) in [7, 11) is 0. The van der Waals surface area contributed by atoms with Crippen molar-refractivity contribution in [3.05, 3.63) is 131 Å². The summed E-state index contributed by atoms with van der Waals surface area (Å²) in [5.41, 5.74) is 11.5. The molecule has 1 saturated carbocycles. The van der Waals surface area contributed by atoms with Crippen LogP contribution in [0.1, 0.15) is 80.2 Å². The zero-order valence-corrected chi connectivity index (χ0v) is 31.8. The zero-order valence-electron chi connectivity index (χ0n) is 29.4. The molecular formula is C45H44IrN2O-2. The van der Waals surface area contributed by atoms with Crippen molar-refractivity contribution >= 4 is 32.5 Å².